The van der Waals surface area contributed by atoms with Gasteiger partial charge in [-0.15, -0.1) is 0 Å². The maximum atomic E-state index is 5.62. The molecule has 0 nitrogen and oxygen atoms in total. The fraction of sp³-hybridized carbons (Fsp3) is 1.00. The number of hydrogen-bond acceptors (Lipinski definition) is 0. The van der Waals surface area contributed by atoms with E-state index in [1.54, 1.807) is 4.44 Å². The van der Waals surface area contributed by atoms with E-state index in [4.69, 9.17) is 11.6 Å². The van der Waals surface area contributed by atoms with Gasteiger partial charge in [-0.25, -0.2) is 0 Å². The van der Waals surface area contributed by atoms with Gasteiger partial charge in [-0.3, -0.25) is 0 Å². The summed E-state index contributed by atoms with van der Waals surface area (Å²) in [7, 11) is 0. The van der Waals surface area contributed by atoms with Crippen LogP contribution in [0.3, 0.4) is 0 Å². The standard InChI is InChI=1S/C10H20Cl.2CH3.Sn/c1-2-3-4-5-6-7-8-9-10-11;;;/h1-10H2;2*1H3;. The van der Waals surface area contributed by atoms with Gasteiger partial charge in [0.2, 0.25) is 0 Å². The van der Waals surface area contributed by atoms with Gasteiger partial charge in [-0.2, -0.15) is 0 Å². The summed E-state index contributed by atoms with van der Waals surface area (Å²) < 4.78 is 1.61. The van der Waals surface area contributed by atoms with Crippen molar-refractivity contribution >= 4 is 31.4 Å². The predicted molar refractivity (Wildman–Crippen MR) is 69.9 cm³/mol. The molecule has 0 aromatic rings. The monoisotopic (exact) mass is 325 g/mol. The van der Waals surface area contributed by atoms with Crippen molar-refractivity contribution in [2.45, 2.75) is 65.7 Å². The zero-order valence-electron chi connectivity index (χ0n) is 9.95. The van der Waals surface area contributed by atoms with E-state index in [0.29, 0.717) is 0 Å². The zero-order valence-corrected chi connectivity index (χ0v) is 13.6. The van der Waals surface area contributed by atoms with Crippen molar-refractivity contribution < 1.29 is 0 Å². The Morgan fingerprint density at radius 2 is 1.14 bits per heavy atom. The molecule has 0 amide bonds. The van der Waals surface area contributed by atoms with Crippen LogP contribution in [0.4, 0.5) is 0 Å². The summed E-state index contributed by atoms with van der Waals surface area (Å²) in [4.78, 5) is 5.02. The molecular formula is C12H26ClSn. The van der Waals surface area contributed by atoms with Crippen LogP contribution < -0.4 is 0 Å². The molecule has 0 aromatic carbocycles. The van der Waals surface area contributed by atoms with Crippen LogP contribution in [0.25, 0.3) is 0 Å². The Bertz CT molecular complexity index is 104. The van der Waals surface area contributed by atoms with E-state index >= 15 is 0 Å². The Morgan fingerprint density at radius 3 is 1.57 bits per heavy atom. The van der Waals surface area contributed by atoms with Crippen molar-refractivity contribution in [2.75, 3.05) is 5.88 Å². The summed E-state index contributed by atoms with van der Waals surface area (Å²) in [5.74, 6) is 0.848. The molecule has 0 aliphatic carbocycles. The molecule has 0 aliphatic heterocycles. The molecule has 0 N–H and O–H groups in total. The third kappa shape index (κ3) is 13.1. The maximum absolute atomic E-state index is 5.62. The molecule has 0 spiro atoms. The molecule has 1 radical (unpaired) electrons. The van der Waals surface area contributed by atoms with E-state index in [1.807, 2.05) is 0 Å². The number of hydrogen-bond donors (Lipinski definition) is 0. The SMILES string of the molecule is [CH3][Sn]([CH3])[CH2]CCCCCCCCCCl. The van der Waals surface area contributed by atoms with Crippen LogP contribution in [0.1, 0.15) is 51.4 Å². The summed E-state index contributed by atoms with van der Waals surface area (Å²) in [6, 6.07) is 0. The third-order valence-corrected chi connectivity index (χ3v) is 6.69. The average Bonchev–Trinajstić information content (AvgIpc) is 2.15. The summed E-state index contributed by atoms with van der Waals surface area (Å²) in [6.45, 7) is 0. The molecule has 0 rings (SSSR count). The van der Waals surface area contributed by atoms with Crippen molar-refractivity contribution in [3.63, 3.8) is 0 Å². The first kappa shape index (κ1) is 15.1. The van der Waals surface area contributed by atoms with Crippen molar-refractivity contribution in [1.29, 1.82) is 0 Å². The number of unbranched alkanes of at least 4 members (excludes halogenated alkanes) is 7. The molecule has 0 unspecified atom stereocenters. The van der Waals surface area contributed by atoms with Gasteiger partial charge in [0.1, 0.15) is 0 Å². The fourth-order valence-electron chi connectivity index (χ4n) is 1.63. The van der Waals surface area contributed by atoms with Crippen LogP contribution in [0.15, 0.2) is 0 Å². The Hall–Kier alpha value is 1.09. The van der Waals surface area contributed by atoms with Gasteiger partial charge in [-0.1, -0.05) is 0 Å². The molecule has 0 atom stereocenters. The molecule has 0 aromatic heterocycles. The van der Waals surface area contributed by atoms with Gasteiger partial charge in [-0.05, 0) is 0 Å². The molecular weight excluding hydrogens is 298 g/mol. The van der Waals surface area contributed by atoms with Crippen molar-refractivity contribution in [3.8, 4) is 0 Å². The predicted octanol–water partition coefficient (Wildman–Crippen LogP) is 5.10. The van der Waals surface area contributed by atoms with Crippen LogP contribution in [0.5, 0.6) is 0 Å². The molecule has 0 saturated heterocycles. The summed E-state index contributed by atoms with van der Waals surface area (Å²) in [5.41, 5.74) is 0. The molecule has 85 valence electrons. The van der Waals surface area contributed by atoms with Crippen molar-refractivity contribution in [3.05, 3.63) is 0 Å². The normalized spacial score (nSPS) is 11.1. The Balaban J connectivity index is 2.85. The molecule has 14 heavy (non-hydrogen) atoms. The van der Waals surface area contributed by atoms with Gasteiger partial charge >= 0.3 is 103 Å². The number of halogens is 1. The Kier molecular flexibility index (Phi) is 13.1. The molecule has 0 fully saturated rings. The minimum absolute atomic E-state index is 0.737. The molecule has 2 heteroatoms. The summed E-state index contributed by atoms with van der Waals surface area (Å²) in [5, 5.41) is 0. The number of rotatable bonds is 10. The first-order valence-electron chi connectivity index (χ1n) is 6.12. The second-order valence-electron chi connectivity index (χ2n) is 4.47. The van der Waals surface area contributed by atoms with Crippen LogP contribution in [0.2, 0.25) is 14.3 Å². The van der Waals surface area contributed by atoms with Crippen LogP contribution in [-0.2, 0) is 0 Å². The molecule has 0 heterocycles. The second kappa shape index (κ2) is 12.2. The van der Waals surface area contributed by atoms with E-state index in [2.05, 4.69) is 9.88 Å². The fourth-order valence-corrected chi connectivity index (χ4v) is 4.55. The van der Waals surface area contributed by atoms with Gasteiger partial charge in [0, 0.05) is 0 Å². The van der Waals surface area contributed by atoms with Crippen LogP contribution >= 0.6 is 11.6 Å². The average molecular weight is 325 g/mol. The first-order valence-corrected chi connectivity index (χ1v) is 14.4. The van der Waals surface area contributed by atoms with Gasteiger partial charge in [0.15, 0.2) is 0 Å². The first-order chi connectivity index (χ1) is 6.77. The Labute approximate surface area is 103 Å². The topological polar surface area (TPSA) is 0 Å². The van der Waals surface area contributed by atoms with Crippen LogP contribution in [0, 0.1) is 0 Å². The molecule has 0 bridgehead atoms. The number of alkyl halides is 1. The van der Waals surface area contributed by atoms with Crippen LogP contribution in [-0.4, -0.2) is 25.6 Å². The van der Waals surface area contributed by atoms with E-state index in [1.165, 1.54) is 51.4 Å². The Morgan fingerprint density at radius 1 is 0.714 bits per heavy atom. The van der Waals surface area contributed by atoms with Gasteiger partial charge < -0.3 is 0 Å². The second-order valence-corrected chi connectivity index (χ2v) is 13.2. The van der Waals surface area contributed by atoms with Crippen molar-refractivity contribution in [1.82, 2.24) is 0 Å². The third-order valence-electron chi connectivity index (χ3n) is 2.56. The summed E-state index contributed by atoms with van der Waals surface area (Å²) in [6.07, 6.45) is 11.3. The van der Waals surface area contributed by atoms with Crippen molar-refractivity contribution in [2.24, 2.45) is 0 Å². The zero-order chi connectivity index (χ0) is 10.6. The van der Waals surface area contributed by atoms with Gasteiger partial charge in [0.05, 0.1) is 0 Å². The van der Waals surface area contributed by atoms with E-state index < -0.39 is 19.8 Å². The van der Waals surface area contributed by atoms with E-state index in [9.17, 15) is 0 Å². The minimum atomic E-state index is -0.737. The molecule has 0 aliphatic rings. The quantitative estimate of drug-likeness (QED) is 0.298. The summed E-state index contributed by atoms with van der Waals surface area (Å²) >= 11 is 4.88. The van der Waals surface area contributed by atoms with Gasteiger partial charge in [0.25, 0.3) is 0 Å². The van der Waals surface area contributed by atoms with E-state index in [-0.39, 0.29) is 0 Å². The molecule has 0 saturated carbocycles. The van der Waals surface area contributed by atoms with E-state index in [0.717, 1.165) is 5.88 Å².